The van der Waals surface area contributed by atoms with Crippen molar-refractivity contribution in [3.05, 3.63) is 45.8 Å². The smallest absolute Gasteiger partial charge is 0.437 e. The Hall–Kier alpha value is -3.58. The van der Waals surface area contributed by atoms with Crippen molar-refractivity contribution in [2.24, 2.45) is 0 Å². The van der Waals surface area contributed by atoms with Crippen molar-refractivity contribution in [2.75, 3.05) is 11.9 Å². The van der Waals surface area contributed by atoms with Gasteiger partial charge >= 0.3 is 5.76 Å². The minimum atomic E-state index is -0.763. The van der Waals surface area contributed by atoms with Crippen LogP contribution in [0, 0.1) is 11.3 Å². The molecule has 2 aliphatic rings. The molecule has 1 saturated heterocycles. The molecule has 166 valence electrons. The molecule has 0 spiro atoms. The van der Waals surface area contributed by atoms with E-state index in [1.54, 1.807) is 12.1 Å². The van der Waals surface area contributed by atoms with E-state index in [-0.39, 0.29) is 18.5 Å². The van der Waals surface area contributed by atoms with Crippen LogP contribution >= 0.6 is 0 Å². The predicted molar refractivity (Wildman–Crippen MR) is 112 cm³/mol. The number of rotatable bonds is 6. The summed E-state index contributed by atoms with van der Waals surface area (Å²) in [5.41, 5.74) is 2.60. The van der Waals surface area contributed by atoms with E-state index < -0.39 is 11.7 Å². The van der Waals surface area contributed by atoms with Crippen molar-refractivity contribution in [2.45, 2.75) is 57.7 Å². The first-order chi connectivity index (χ1) is 15.6. The van der Waals surface area contributed by atoms with Gasteiger partial charge in [-0.2, -0.15) is 9.94 Å². The Kier molecular flexibility index (Phi) is 5.41. The first kappa shape index (κ1) is 20.3. The van der Waals surface area contributed by atoms with Crippen LogP contribution in [0.2, 0.25) is 0 Å². The fourth-order valence-corrected chi connectivity index (χ4v) is 4.53. The number of nitrogens with zero attached hydrogens (tertiary/aromatic N) is 4. The normalized spacial score (nSPS) is 17.8. The average Bonchev–Trinajstić information content (AvgIpc) is 3.58. The molecule has 1 amide bonds. The molecule has 4 heterocycles. The van der Waals surface area contributed by atoms with Gasteiger partial charge < -0.3 is 23.5 Å². The van der Waals surface area contributed by atoms with Gasteiger partial charge in [-0.25, -0.2) is 4.79 Å². The molecule has 1 fully saturated rings. The van der Waals surface area contributed by atoms with Gasteiger partial charge in [0.25, 0.3) is 5.89 Å². The van der Waals surface area contributed by atoms with E-state index in [1.807, 2.05) is 4.57 Å². The largest absolute Gasteiger partial charge is 0.459 e. The van der Waals surface area contributed by atoms with Gasteiger partial charge in [-0.1, -0.05) is 0 Å². The van der Waals surface area contributed by atoms with Gasteiger partial charge in [-0.05, 0) is 56.2 Å². The van der Waals surface area contributed by atoms with Gasteiger partial charge in [0.15, 0.2) is 5.76 Å². The zero-order chi connectivity index (χ0) is 22.1. The second kappa shape index (κ2) is 8.51. The van der Waals surface area contributed by atoms with E-state index in [1.165, 1.54) is 6.26 Å². The molecular formula is C22H23N5O5. The van der Waals surface area contributed by atoms with Gasteiger partial charge in [-0.15, -0.1) is 5.10 Å². The number of nitriles is 1. The summed E-state index contributed by atoms with van der Waals surface area (Å²) < 4.78 is 19.0. The summed E-state index contributed by atoms with van der Waals surface area (Å²) in [6.07, 6.45) is 7.20. The lowest BCUT2D eigenvalue weighted by atomic mass is 9.95. The standard InChI is InChI=1S/C22H23N5O5/c23-11-16-15-6-1-2-7-17(15)26(12-14-5-3-9-30-14)20(16)24-19(28)13-27-22(29)32-21(25-27)18-8-4-10-31-18/h4,8,10,14H,1-3,5-7,9,12-13H2,(H,24,28). The van der Waals surface area contributed by atoms with Crippen LogP contribution in [0.3, 0.4) is 0 Å². The van der Waals surface area contributed by atoms with Crippen molar-refractivity contribution in [3.63, 3.8) is 0 Å². The van der Waals surface area contributed by atoms with Crippen LogP contribution in [0.1, 0.15) is 42.5 Å². The Morgan fingerprint density at radius 1 is 1.31 bits per heavy atom. The molecule has 0 radical (unpaired) electrons. The number of amides is 1. The van der Waals surface area contributed by atoms with Gasteiger partial charge in [0, 0.05) is 12.3 Å². The molecule has 10 heteroatoms. The molecule has 1 aliphatic carbocycles. The molecule has 10 nitrogen and oxygen atoms in total. The number of carbonyl (C=O) groups is 1. The molecule has 1 atom stereocenters. The van der Waals surface area contributed by atoms with Gasteiger partial charge in [0.1, 0.15) is 18.4 Å². The van der Waals surface area contributed by atoms with Crippen LogP contribution in [0.25, 0.3) is 11.7 Å². The second-order valence-electron chi connectivity index (χ2n) is 8.07. The molecule has 1 N–H and O–H groups in total. The Bertz CT molecular complexity index is 1220. The number of fused-ring (bicyclic) bond motifs is 1. The molecule has 32 heavy (non-hydrogen) atoms. The highest BCUT2D eigenvalue weighted by molar-refractivity contribution is 5.91. The van der Waals surface area contributed by atoms with Crippen LogP contribution in [-0.4, -0.2) is 33.0 Å². The average molecular weight is 437 g/mol. The quantitative estimate of drug-likeness (QED) is 0.627. The van der Waals surface area contributed by atoms with E-state index >= 15 is 0 Å². The van der Waals surface area contributed by atoms with E-state index in [0.29, 0.717) is 23.7 Å². The topological polar surface area (TPSA) is 128 Å². The minimum Gasteiger partial charge on any atom is -0.459 e. The molecule has 0 bridgehead atoms. The Balaban J connectivity index is 1.42. The summed E-state index contributed by atoms with van der Waals surface area (Å²) in [6, 6.07) is 5.54. The summed E-state index contributed by atoms with van der Waals surface area (Å²) >= 11 is 0. The number of ether oxygens (including phenoxy) is 1. The maximum atomic E-state index is 12.9. The molecule has 5 rings (SSSR count). The van der Waals surface area contributed by atoms with E-state index in [0.717, 1.165) is 61.1 Å². The Morgan fingerprint density at radius 3 is 2.94 bits per heavy atom. The van der Waals surface area contributed by atoms with Crippen molar-refractivity contribution in [1.82, 2.24) is 14.3 Å². The Labute approximate surface area is 183 Å². The number of nitrogens with one attached hydrogen (secondary N) is 1. The predicted octanol–water partition coefficient (Wildman–Crippen LogP) is 2.47. The lowest BCUT2D eigenvalue weighted by Crippen LogP contribution is -2.28. The number of furan rings is 1. The lowest BCUT2D eigenvalue weighted by molar-refractivity contribution is -0.117. The van der Waals surface area contributed by atoms with Crippen LogP contribution in [0.5, 0.6) is 0 Å². The van der Waals surface area contributed by atoms with Gasteiger partial charge in [0.2, 0.25) is 5.91 Å². The van der Waals surface area contributed by atoms with Crippen molar-refractivity contribution in [3.8, 4) is 17.7 Å². The molecule has 1 aliphatic heterocycles. The van der Waals surface area contributed by atoms with Crippen molar-refractivity contribution < 1.29 is 18.4 Å². The Morgan fingerprint density at radius 2 is 2.19 bits per heavy atom. The highest BCUT2D eigenvalue weighted by Crippen LogP contribution is 2.34. The van der Waals surface area contributed by atoms with Crippen LogP contribution in [0.15, 0.2) is 32.0 Å². The fourth-order valence-electron chi connectivity index (χ4n) is 4.53. The molecule has 0 aromatic carbocycles. The highest BCUT2D eigenvalue weighted by atomic mass is 16.5. The summed E-state index contributed by atoms with van der Waals surface area (Å²) in [4.78, 5) is 25.0. The SMILES string of the molecule is N#Cc1c2c(n(CC3CCCO3)c1NC(=O)Cn1nc(-c3ccco3)oc1=O)CCCC2. The molecule has 3 aromatic heterocycles. The molecular weight excluding hydrogens is 414 g/mol. The first-order valence-electron chi connectivity index (χ1n) is 10.8. The summed E-state index contributed by atoms with van der Waals surface area (Å²) in [5.74, 6) is -0.455. The summed E-state index contributed by atoms with van der Waals surface area (Å²) in [7, 11) is 0. The fraction of sp³-hybridized carbons (Fsp3) is 0.455. The maximum Gasteiger partial charge on any atom is 0.437 e. The van der Waals surface area contributed by atoms with Crippen molar-refractivity contribution in [1.29, 1.82) is 5.26 Å². The van der Waals surface area contributed by atoms with E-state index in [4.69, 9.17) is 13.6 Å². The monoisotopic (exact) mass is 437 g/mol. The van der Waals surface area contributed by atoms with Crippen LogP contribution < -0.4 is 11.1 Å². The summed E-state index contributed by atoms with van der Waals surface area (Å²) in [5, 5.41) is 16.8. The number of hydrogen-bond donors (Lipinski definition) is 1. The highest BCUT2D eigenvalue weighted by Gasteiger charge is 2.28. The summed E-state index contributed by atoms with van der Waals surface area (Å²) in [6.45, 7) is 0.976. The number of anilines is 1. The molecule has 1 unspecified atom stereocenters. The third kappa shape index (κ3) is 3.76. The zero-order valence-electron chi connectivity index (χ0n) is 17.5. The molecule has 3 aromatic rings. The van der Waals surface area contributed by atoms with Crippen LogP contribution in [-0.2, 0) is 35.5 Å². The minimum absolute atomic E-state index is 0.00253. The van der Waals surface area contributed by atoms with E-state index in [9.17, 15) is 14.9 Å². The van der Waals surface area contributed by atoms with Gasteiger partial charge in [0.05, 0.1) is 24.5 Å². The first-order valence-corrected chi connectivity index (χ1v) is 10.8. The third-order valence-corrected chi connectivity index (χ3v) is 5.98. The number of carbonyl (C=O) groups excluding carboxylic acids is 1. The van der Waals surface area contributed by atoms with Gasteiger partial charge in [-0.3, -0.25) is 4.79 Å². The van der Waals surface area contributed by atoms with Crippen LogP contribution in [0.4, 0.5) is 5.82 Å². The van der Waals surface area contributed by atoms with E-state index in [2.05, 4.69) is 16.5 Å². The molecule has 0 saturated carbocycles. The lowest BCUT2D eigenvalue weighted by Gasteiger charge is -2.19. The zero-order valence-corrected chi connectivity index (χ0v) is 17.5. The number of hydrogen-bond acceptors (Lipinski definition) is 7. The second-order valence-corrected chi connectivity index (χ2v) is 8.07. The number of aromatic nitrogens is 3. The maximum absolute atomic E-state index is 12.9. The van der Waals surface area contributed by atoms with Crippen molar-refractivity contribution >= 4 is 11.7 Å². The third-order valence-electron chi connectivity index (χ3n) is 5.98.